The Morgan fingerprint density at radius 1 is 1.40 bits per heavy atom. The largest absolute Gasteiger partial charge is 0.330 e. The van der Waals surface area contributed by atoms with Gasteiger partial charge in [-0.25, -0.2) is 4.39 Å². The first-order valence-electron chi connectivity index (χ1n) is 6.35. The lowest BCUT2D eigenvalue weighted by atomic mass is 9.99. The van der Waals surface area contributed by atoms with Crippen molar-refractivity contribution >= 4 is 27.5 Å². The van der Waals surface area contributed by atoms with Gasteiger partial charge in [0.1, 0.15) is 5.82 Å². The molecule has 112 valence electrons. The van der Waals surface area contributed by atoms with Gasteiger partial charge in [0.05, 0.1) is 10.7 Å². The second-order valence-electron chi connectivity index (χ2n) is 4.81. The maximum absolute atomic E-state index is 13.1. The molecule has 3 N–H and O–H groups in total. The lowest BCUT2D eigenvalue weighted by molar-refractivity contribution is 0.280. The molecule has 1 heterocycles. The first kappa shape index (κ1) is 15.5. The van der Waals surface area contributed by atoms with Crippen LogP contribution in [0.1, 0.15) is 12.8 Å². The normalized spacial score (nSPS) is 18.1. The predicted octanol–water partition coefficient (Wildman–Crippen LogP) is 1.81. The first-order valence-corrected chi connectivity index (χ1v) is 8.17. The Labute approximate surface area is 123 Å². The Bertz CT molecular complexity index is 574. The molecule has 1 fully saturated rings. The predicted molar refractivity (Wildman–Crippen MR) is 77.3 cm³/mol. The van der Waals surface area contributed by atoms with E-state index in [1.807, 2.05) is 0 Å². The van der Waals surface area contributed by atoms with Crippen molar-refractivity contribution in [1.29, 1.82) is 0 Å². The van der Waals surface area contributed by atoms with E-state index in [-0.39, 0.29) is 10.7 Å². The Balaban J connectivity index is 2.10. The highest BCUT2D eigenvalue weighted by molar-refractivity contribution is 7.90. The minimum atomic E-state index is -3.72. The standard InChI is InChI=1S/C12H17ClFN3O2S/c13-11-2-1-10(14)7-12(11)16-20(18,19)17-5-3-9(8-15)4-6-17/h1-2,7,9,16H,3-6,8,15H2. The van der Waals surface area contributed by atoms with E-state index in [0.717, 1.165) is 18.9 Å². The first-order chi connectivity index (χ1) is 9.42. The number of anilines is 1. The smallest absolute Gasteiger partial charge is 0.301 e. The Morgan fingerprint density at radius 3 is 2.65 bits per heavy atom. The summed E-state index contributed by atoms with van der Waals surface area (Å²) in [6, 6.07) is 3.55. The number of piperidine rings is 1. The number of nitrogens with zero attached hydrogens (tertiary/aromatic N) is 1. The SMILES string of the molecule is NCC1CCN(S(=O)(=O)Nc2cc(F)ccc2Cl)CC1. The van der Waals surface area contributed by atoms with Gasteiger partial charge >= 0.3 is 10.2 Å². The molecule has 1 aromatic carbocycles. The van der Waals surface area contributed by atoms with Crippen molar-refractivity contribution in [2.24, 2.45) is 11.7 Å². The van der Waals surface area contributed by atoms with E-state index in [9.17, 15) is 12.8 Å². The summed E-state index contributed by atoms with van der Waals surface area (Å²) in [5, 5.41) is 0.159. The fourth-order valence-corrected chi connectivity index (χ4v) is 3.65. The average molecular weight is 322 g/mol. The highest BCUT2D eigenvalue weighted by Gasteiger charge is 2.27. The molecule has 8 heteroatoms. The molecule has 1 aromatic rings. The molecule has 20 heavy (non-hydrogen) atoms. The number of benzene rings is 1. The van der Waals surface area contributed by atoms with Gasteiger partial charge in [0.15, 0.2) is 0 Å². The lowest BCUT2D eigenvalue weighted by Gasteiger charge is -2.30. The summed E-state index contributed by atoms with van der Waals surface area (Å²) in [5.74, 6) is -0.187. The molecule has 0 bridgehead atoms. The maximum Gasteiger partial charge on any atom is 0.301 e. The summed E-state index contributed by atoms with van der Waals surface area (Å²) in [6.45, 7) is 1.38. The van der Waals surface area contributed by atoms with Gasteiger partial charge in [-0.1, -0.05) is 11.6 Å². The number of halogens is 2. The van der Waals surface area contributed by atoms with Crippen LogP contribution in [0.4, 0.5) is 10.1 Å². The van der Waals surface area contributed by atoms with Crippen LogP contribution in [0.15, 0.2) is 18.2 Å². The molecule has 5 nitrogen and oxygen atoms in total. The summed E-state index contributed by atoms with van der Waals surface area (Å²) in [7, 11) is -3.72. The number of nitrogens with two attached hydrogens (primary N) is 1. The highest BCUT2D eigenvalue weighted by atomic mass is 35.5. The van der Waals surface area contributed by atoms with Crippen LogP contribution in [0.3, 0.4) is 0 Å². The Morgan fingerprint density at radius 2 is 2.05 bits per heavy atom. The molecule has 1 saturated heterocycles. The second kappa shape index (κ2) is 6.26. The minimum absolute atomic E-state index is 0.0487. The van der Waals surface area contributed by atoms with Crippen LogP contribution in [0.2, 0.25) is 5.02 Å². The molecular weight excluding hydrogens is 305 g/mol. The van der Waals surface area contributed by atoms with E-state index in [1.54, 1.807) is 0 Å². The lowest BCUT2D eigenvalue weighted by Crippen LogP contribution is -2.42. The van der Waals surface area contributed by atoms with Crippen LogP contribution in [-0.2, 0) is 10.2 Å². The average Bonchev–Trinajstić information content (AvgIpc) is 2.43. The van der Waals surface area contributed by atoms with Gasteiger partial charge < -0.3 is 5.73 Å². The zero-order chi connectivity index (χ0) is 14.8. The molecular formula is C12H17ClFN3O2S. The number of hydrogen-bond donors (Lipinski definition) is 2. The fourth-order valence-electron chi connectivity index (χ4n) is 2.16. The van der Waals surface area contributed by atoms with Crippen LogP contribution in [-0.4, -0.2) is 32.4 Å². The maximum atomic E-state index is 13.1. The monoisotopic (exact) mass is 321 g/mol. The van der Waals surface area contributed by atoms with Gasteiger partial charge in [-0.05, 0) is 43.5 Å². The van der Waals surface area contributed by atoms with Crippen molar-refractivity contribution in [2.75, 3.05) is 24.4 Å². The molecule has 0 aliphatic carbocycles. The van der Waals surface area contributed by atoms with Gasteiger partial charge in [-0.3, -0.25) is 4.72 Å². The van der Waals surface area contributed by atoms with Crippen molar-refractivity contribution < 1.29 is 12.8 Å². The second-order valence-corrected chi connectivity index (χ2v) is 6.89. The van der Waals surface area contributed by atoms with Gasteiger partial charge in [0.2, 0.25) is 0 Å². The van der Waals surface area contributed by atoms with Crippen molar-refractivity contribution in [2.45, 2.75) is 12.8 Å². The Hall–Kier alpha value is -0.890. The molecule has 0 saturated carbocycles. The van der Waals surface area contributed by atoms with Crippen molar-refractivity contribution in [3.63, 3.8) is 0 Å². The molecule has 0 spiro atoms. The number of hydrogen-bond acceptors (Lipinski definition) is 3. The van der Waals surface area contributed by atoms with E-state index in [2.05, 4.69) is 4.72 Å². The summed E-state index contributed by atoms with van der Waals surface area (Å²) in [6.07, 6.45) is 1.46. The molecule has 0 atom stereocenters. The van der Waals surface area contributed by atoms with Crippen LogP contribution in [0.25, 0.3) is 0 Å². The fraction of sp³-hybridized carbons (Fsp3) is 0.500. The van der Waals surface area contributed by atoms with E-state index >= 15 is 0 Å². The zero-order valence-electron chi connectivity index (χ0n) is 10.9. The van der Waals surface area contributed by atoms with E-state index in [1.165, 1.54) is 16.4 Å². The van der Waals surface area contributed by atoms with Crippen LogP contribution in [0.5, 0.6) is 0 Å². The molecule has 0 radical (unpaired) electrons. The topological polar surface area (TPSA) is 75.4 Å². The Kier molecular flexibility index (Phi) is 4.85. The zero-order valence-corrected chi connectivity index (χ0v) is 12.4. The molecule has 2 rings (SSSR count). The van der Waals surface area contributed by atoms with E-state index in [4.69, 9.17) is 17.3 Å². The highest BCUT2D eigenvalue weighted by Crippen LogP contribution is 2.25. The third-order valence-electron chi connectivity index (χ3n) is 3.41. The van der Waals surface area contributed by atoms with Gasteiger partial charge in [-0.15, -0.1) is 0 Å². The third kappa shape index (κ3) is 3.60. The summed E-state index contributed by atoms with van der Waals surface area (Å²) >= 11 is 5.86. The van der Waals surface area contributed by atoms with Crippen LogP contribution >= 0.6 is 11.6 Å². The van der Waals surface area contributed by atoms with Crippen LogP contribution < -0.4 is 10.5 Å². The summed E-state index contributed by atoms with van der Waals surface area (Å²) < 4.78 is 41.2. The number of nitrogens with one attached hydrogen (secondary N) is 1. The van der Waals surface area contributed by atoms with Crippen molar-refractivity contribution in [3.8, 4) is 0 Å². The van der Waals surface area contributed by atoms with E-state index in [0.29, 0.717) is 25.6 Å². The molecule has 0 amide bonds. The van der Waals surface area contributed by atoms with Gasteiger partial charge in [0, 0.05) is 13.1 Å². The molecule has 1 aliphatic rings. The summed E-state index contributed by atoms with van der Waals surface area (Å²) in [5.41, 5.74) is 5.62. The third-order valence-corrected chi connectivity index (χ3v) is 5.27. The molecule has 1 aliphatic heterocycles. The van der Waals surface area contributed by atoms with E-state index < -0.39 is 16.0 Å². The van der Waals surface area contributed by atoms with Crippen LogP contribution in [0, 0.1) is 11.7 Å². The number of rotatable bonds is 4. The van der Waals surface area contributed by atoms with Gasteiger partial charge in [0.25, 0.3) is 0 Å². The minimum Gasteiger partial charge on any atom is -0.330 e. The summed E-state index contributed by atoms with van der Waals surface area (Å²) in [4.78, 5) is 0. The van der Waals surface area contributed by atoms with Crippen molar-refractivity contribution in [3.05, 3.63) is 29.0 Å². The molecule has 0 aromatic heterocycles. The quantitative estimate of drug-likeness (QED) is 0.888. The van der Waals surface area contributed by atoms with Gasteiger partial charge in [-0.2, -0.15) is 12.7 Å². The van der Waals surface area contributed by atoms with Crippen molar-refractivity contribution in [1.82, 2.24) is 4.31 Å². The molecule has 0 unspecified atom stereocenters.